The van der Waals surface area contributed by atoms with E-state index in [9.17, 15) is 15.3 Å². The number of nitrogens with zero attached hydrogens (tertiary/aromatic N) is 1. The van der Waals surface area contributed by atoms with Gasteiger partial charge in [0.2, 0.25) is 0 Å². The van der Waals surface area contributed by atoms with Crippen LogP contribution in [0.3, 0.4) is 0 Å². The third kappa shape index (κ3) is 3.91. The normalized spacial score (nSPS) is 28.3. The molecule has 0 amide bonds. The summed E-state index contributed by atoms with van der Waals surface area (Å²) in [5.41, 5.74) is 0. The Morgan fingerprint density at radius 2 is 1.89 bits per heavy atom. The van der Waals surface area contributed by atoms with Gasteiger partial charge in [0.1, 0.15) is 12.4 Å². The molecule has 1 aromatic rings. The van der Waals surface area contributed by atoms with Crippen LogP contribution in [0.15, 0.2) is 30.3 Å². The first kappa shape index (κ1) is 14.3. The van der Waals surface area contributed by atoms with Crippen LogP contribution in [0.25, 0.3) is 0 Å². The molecule has 3 atom stereocenters. The second-order valence-electron chi connectivity index (χ2n) is 4.92. The SMILES string of the molecule is OC[C@H]1CN(CCOc2ccccc2)C[C@@H](O)[C@@H]1O. The number of β-amino-alcohol motifs (C(OH)–C–C–N with tert-alkyl or cyclic N) is 1. The first-order valence-corrected chi connectivity index (χ1v) is 6.58. The number of likely N-dealkylation sites (tertiary alicyclic amines) is 1. The summed E-state index contributed by atoms with van der Waals surface area (Å²) in [6.45, 7) is 2.05. The number of hydrogen-bond acceptors (Lipinski definition) is 5. The summed E-state index contributed by atoms with van der Waals surface area (Å²) in [6, 6.07) is 9.55. The maximum Gasteiger partial charge on any atom is 0.119 e. The lowest BCUT2D eigenvalue weighted by Crippen LogP contribution is -2.54. The number of benzene rings is 1. The zero-order valence-corrected chi connectivity index (χ0v) is 10.9. The van der Waals surface area contributed by atoms with Crippen LogP contribution >= 0.6 is 0 Å². The van der Waals surface area contributed by atoms with Gasteiger partial charge in [-0.15, -0.1) is 0 Å². The van der Waals surface area contributed by atoms with E-state index in [0.29, 0.717) is 26.2 Å². The van der Waals surface area contributed by atoms with Crippen LogP contribution in [0.2, 0.25) is 0 Å². The van der Waals surface area contributed by atoms with Crippen LogP contribution in [-0.4, -0.2) is 65.3 Å². The van der Waals surface area contributed by atoms with Crippen LogP contribution < -0.4 is 4.74 Å². The van der Waals surface area contributed by atoms with Crippen LogP contribution in [0, 0.1) is 5.92 Å². The number of piperidine rings is 1. The molecule has 1 fully saturated rings. The van der Waals surface area contributed by atoms with Gasteiger partial charge < -0.3 is 20.1 Å². The van der Waals surface area contributed by atoms with Crippen molar-refractivity contribution in [3.05, 3.63) is 30.3 Å². The van der Waals surface area contributed by atoms with E-state index in [1.807, 2.05) is 35.2 Å². The van der Waals surface area contributed by atoms with E-state index in [-0.39, 0.29) is 12.5 Å². The predicted octanol–water partition coefficient (Wildman–Crippen LogP) is -0.289. The lowest BCUT2D eigenvalue weighted by Gasteiger charge is -2.38. The lowest BCUT2D eigenvalue weighted by atomic mass is 9.93. The molecule has 1 aliphatic rings. The van der Waals surface area contributed by atoms with Gasteiger partial charge in [-0.25, -0.2) is 0 Å². The summed E-state index contributed by atoms with van der Waals surface area (Å²) in [5.74, 6) is 0.527. The number of aliphatic hydroxyl groups is 3. The van der Waals surface area contributed by atoms with E-state index in [2.05, 4.69) is 0 Å². The highest BCUT2D eigenvalue weighted by molar-refractivity contribution is 5.20. The molecule has 0 radical (unpaired) electrons. The van der Waals surface area contributed by atoms with Crippen molar-refractivity contribution in [2.45, 2.75) is 12.2 Å². The predicted molar refractivity (Wildman–Crippen MR) is 71.0 cm³/mol. The molecule has 0 aromatic heterocycles. The Morgan fingerprint density at radius 3 is 2.58 bits per heavy atom. The summed E-state index contributed by atoms with van der Waals surface area (Å²) in [6.07, 6.45) is -1.64. The highest BCUT2D eigenvalue weighted by Gasteiger charge is 2.33. The molecular weight excluding hydrogens is 246 g/mol. The maximum atomic E-state index is 9.72. The summed E-state index contributed by atoms with van der Waals surface area (Å²) in [5, 5.41) is 28.6. The third-order valence-corrected chi connectivity index (χ3v) is 3.47. The fourth-order valence-electron chi connectivity index (χ4n) is 2.36. The molecule has 0 unspecified atom stereocenters. The van der Waals surface area contributed by atoms with Crippen LogP contribution in [0.1, 0.15) is 0 Å². The summed E-state index contributed by atoms with van der Waals surface area (Å²) < 4.78 is 5.59. The molecule has 0 spiro atoms. The average Bonchev–Trinajstić information content (AvgIpc) is 2.43. The molecule has 1 aliphatic heterocycles. The quantitative estimate of drug-likeness (QED) is 0.684. The molecule has 0 saturated carbocycles. The smallest absolute Gasteiger partial charge is 0.119 e. The maximum absolute atomic E-state index is 9.72. The van der Waals surface area contributed by atoms with Gasteiger partial charge in [-0.1, -0.05) is 18.2 Å². The Balaban J connectivity index is 1.77. The van der Waals surface area contributed by atoms with E-state index in [1.165, 1.54) is 0 Å². The molecule has 1 heterocycles. The molecular formula is C14H21NO4. The minimum Gasteiger partial charge on any atom is -0.492 e. The van der Waals surface area contributed by atoms with Crippen molar-refractivity contribution in [1.82, 2.24) is 4.90 Å². The van der Waals surface area contributed by atoms with Crippen molar-refractivity contribution in [2.24, 2.45) is 5.92 Å². The fraction of sp³-hybridized carbons (Fsp3) is 0.571. The summed E-state index contributed by atoms with van der Waals surface area (Å²) in [4.78, 5) is 2.00. The second kappa shape index (κ2) is 6.86. The van der Waals surface area contributed by atoms with Crippen molar-refractivity contribution in [3.8, 4) is 5.75 Å². The van der Waals surface area contributed by atoms with Gasteiger partial charge in [0.05, 0.1) is 12.2 Å². The van der Waals surface area contributed by atoms with E-state index in [4.69, 9.17) is 4.74 Å². The lowest BCUT2D eigenvalue weighted by molar-refractivity contribution is -0.0874. The van der Waals surface area contributed by atoms with Crippen molar-refractivity contribution in [1.29, 1.82) is 0 Å². The highest BCUT2D eigenvalue weighted by atomic mass is 16.5. The Labute approximate surface area is 113 Å². The van der Waals surface area contributed by atoms with E-state index in [0.717, 1.165) is 5.75 Å². The van der Waals surface area contributed by atoms with Crippen molar-refractivity contribution >= 4 is 0 Å². The van der Waals surface area contributed by atoms with Crippen LogP contribution in [0.4, 0.5) is 0 Å². The molecule has 19 heavy (non-hydrogen) atoms. The molecule has 1 aromatic carbocycles. The average molecular weight is 267 g/mol. The van der Waals surface area contributed by atoms with Crippen molar-refractivity contribution in [3.63, 3.8) is 0 Å². The molecule has 5 heteroatoms. The topological polar surface area (TPSA) is 73.2 Å². The number of rotatable bonds is 5. The van der Waals surface area contributed by atoms with Crippen LogP contribution in [-0.2, 0) is 0 Å². The zero-order chi connectivity index (χ0) is 13.7. The first-order valence-electron chi connectivity index (χ1n) is 6.58. The van der Waals surface area contributed by atoms with E-state index >= 15 is 0 Å². The fourth-order valence-corrected chi connectivity index (χ4v) is 2.36. The van der Waals surface area contributed by atoms with Crippen molar-refractivity contribution in [2.75, 3.05) is 32.8 Å². The number of para-hydroxylation sites is 1. The zero-order valence-electron chi connectivity index (χ0n) is 10.9. The molecule has 5 nitrogen and oxygen atoms in total. The van der Waals surface area contributed by atoms with Gasteiger partial charge in [0, 0.05) is 32.2 Å². The Bertz CT molecular complexity index is 373. The monoisotopic (exact) mass is 267 g/mol. The number of hydrogen-bond donors (Lipinski definition) is 3. The first-order chi connectivity index (χ1) is 9.20. The van der Waals surface area contributed by atoms with Crippen LogP contribution in [0.5, 0.6) is 5.75 Å². The molecule has 2 rings (SSSR count). The van der Waals surface area contributed by atoms with Gasteiger partial charge in [-0.3, -0.25) is 4.90 Å². The molecule has 0 aliphatic carbocycles. The molecule has 0 bridgehead atoms. The molecule has 3 N–H and O–H groups in total. The highest BCUT2D eigenvalue weighted by Crippen LogP contribution is 2.17. The Morgan fingerprint density at radius 1 is 1.16 bits per heavy atom. The van der Waals surface area contributed by atoms with E-state index < -0.39 is 12.2 Å². The second-order valence-corrected chi connectivity index (χ2v) is 4.92. The minimum atomic E-state index is -0.837. The molecule has 106 valence electrons. The third-order valence-electron chi connectivity index (χ3n) is 3.47. The Kier molecular flexibility index (Phi) is 5.15. The van der Waals surface area contributed by atoms with Gasteiger partial charge in [0.15, 0.2) is 0 Å². The van der Waals surface area contributed by atoms with E-state index in [1.54, 1.807) is 0 Å². The van der Waals surface area contributed by atoms with Gasteiger partial charge in [0.25, 0.3) is 0 Å². The Hall–Kier alpha value is -1.14. The van der Waals surface area contributed by atoms with Gasteiger partial charge >= 0.3 is 0 Å². The minimum absolute atomic E-state index is 0.117. The number of aliphatic hydroxyl groups excluding tert-OH is 3. The van der Waals surface area contributed by atoms with Gasteiger partial charge in [-0.2, -0.15) is 0 Å². The van der Waals surface area contributed by atoms with Crippen molar-refractivity contribution < 1.29 is 20.1 Å². The van der Waals surface area contributed by atoms with Gasteiger partial charge in [-0.05, 0) is 12.1 Å². The number of ether oxygens (including phenoxy) is 1. The molecule has 1 saturated heterocycles. The summed E-state index contributed by atoms with van der Waals surface area (Å²) in [7, 11) is 0. The largest absolute Gasteiger partial charge is 0.492 e. The summed E-state index contributed by atoms with van der Waals surface area (Å²) >= 11 is 0. The standard InChI is InChI=1S/C14H21NO4/c16-10-11-8-15(9-13(17)14(11)18)6-7-19-12-4-2-1-3-5-12/h1-5,11,13-14,16-18H,6-10H2/t11-,13-,14-/m1/s1.